The van der Waals surface area contributed by atoms with E-state index in [-0.39, 0.29) is 0 Å². The highest BCUT2D eigenvalue weighted by Gasteiger charge is 2.11. The summed E-state index contributed by atoms with van der Waals surface area (Å²) in [4.78, 5) is 4.21. The van der Waals surface area contributed by atoms with E-state index >= 15 is 0 Å². The van der Waals surface area contributed by atoms with Crippen LogP contribution in [0.4, 0.5) is 11.6 Å². The van der Waals surface area contributed by atoms with E-state index in [0.717, 1.165) is 28.4 Å². The number of anilines is 2. The molecule has 0 aliphatic carbocycles. The minimum absolute atomic E-state index is 0.450. The largest absolute Gasteiger partial charge is 0.487 e. The molecule has 0 amide bonds. The van der Waals surface area contributed by atoms with Gasteiger partial charge in [0.05, 0.1) is 12.7 Å². The zero-order valence-corrected chi connectivity index (χ0v) is 19.8. The fourth-order valence-electron chi connectivity index (χ4n) is 4.18. The first-order chi connectivity index (χ1) is 17.1. The molecule has 8 heteroatoms. The molecule has 8 nitrogen and oxygen atoms in total. The normalized spacial score (nSPS) is 11.0. The van der Waals surface area contributed by atoms with Crippen molar-refractivity contribution in [3.8, 4) is 5.75 Å². The Balaban J connectivity index is 1.22. The highest BCUT2D eigenvalue weighted by atomic mass is 16.5. The molecule has 0 spiro atoms. The van der Waals surface area contributed by atoms with Crippen molar-refractivity contribution in [3.05, 3.63) is 101 Å². The molecule has 35 heavy (non-hydrogen) atoms. The molecule has 3 N–H and O–H groups in total. The molecule has 176 valence electrons. The first-order valence-electron chi connectivity index (χ1n) is 11.4. The number of benzene rings is 2. The summed E-state index contributed by atoms with van der Waals surface area (Å²) in [5.74, 6) is 1.87. The Morgan fingerprint density at radius 3 is 2.63 bits per heavy atom. The van der Waals surface area contributed by atoms with Crippen LogP contribution < -0.4 is 15.8 Å². The van der Waals surface area contributed by atoms with Crippen LogP contribution in [0.25, 0.3) is 10.8 Å². The van der Waals surface area contributed by atoms with Gasteiger partial charge in [-0.25, -0.2) is 4.98 Å². The summed E-state index contributed by atoms with van der Waals surface area (Å²) in [6.45, 7) is 6.01. The van der Waals surface area contributed by atoms with Gasteiger partial charge < -0.3 is 15.8 Å². The van der Waals surface area contributed by atoms with Gasteiger partial charge in [0.15, 0.2) is 5.82 Å². The number of hydrogen-bond donors (Lipinski definition) is 2. The van der Waals surface area contributed by atoms with Gasteiger partial charge in [-0.15, -0.1) is 5.10 Å². The van der Waals surface area contributed by atoms with E-state index in [0.29, 0.717) is 30.5 Å². The number of rotatable bonds is 8. The summed E-state index contributed by atoms with van der Waals surface area (Å²) in [5.41, 5.74) is 11.9. The van der Waals surface area contributed by atoms with E-state index in [1.807, 2.05) is 29.1 Å². The zero-order chi connectivity index (χ0) is 24.2. The lowest BCUT2D eigenvalue weighted by Gasteiger charge is -2.15. The van der Waals surface area contributed by atoms with Crippen molar-refractivity contribution in [2.75, 3.05) is 11.1 Å². The van der Waals surface area contributed by atoms with Crippen LogP contribution in [0.5, 0.6) is 5.75 Å². The van der Waals surface area contributed by atoms with Gasteiger partial charge >= 0.3 is 0 Å². The number of nitrogen functional groups attached to an aromatic ring is 1. The molecule has 0 fully saturated rings. The quantitative estimate of drug-likeness (QED) is 0.343. The third-order valence-electron chi connectivity index (χ3n) is 6.12. The van der Waals surface area contributed by atoms with Crippen molar-refractivity contribution in [1.82, 2.24) is 25.0 Å². The van der Waals surface area contributed by atoms with E-state index in [2.05, 4.69) is 69.8 Å². The fourth-order valence-corrected chi connectivity index (χ4v) is 4.18. The molecule has 0 unspecified atom stereocenters. The van der Waals surface area contributed by atoms with Crippen LogP contribution in [-0.2, 0) is 19.7 Å². The second-order valence-electron chi connectivity index (χ2n) is 8.53. The lowest BCUT2D eigenvalue weighted by molar-refractivity contribution is 0.304. The van der Waals surface area contributed by atoms with Crippen molar-refractivity contribution in [2.24, 2.45) is 0 Å². The summed E-state index contributed by atoms with van der Waals surface area (Å²) in [5, 5.41) is 18.0. The molecule has 2 aromatic carbocycles. The van der Waals surface area contributed by atoms with Crippen molar-refractivity contribution >= 4 is 22.4 Å². The van der Waals surface area contributed by atoms with E-state index in [4.69, 9.17) is 10.5 Å². The second kappa shape index (κ2) is 9.80. The molecule has 5 rings (SSSR count). The van der Waals surface area contributed by atoms with Crippen LogP contribution in [0, 0.1) is 13.8 Å². The molecule has 0 atom stereocenters. The summed E-state index contributed by atoms with van der Waals surface area (Å²) in [6.07, 6.45) is 7.11. The van der Waals surface area contributed by atoms with E-state index in [9.17, 15) is 0 Å². The number of pyridine rings is 1. The number of nitrogens with two attached hydrogens (primary N) is 1. The minimum Gasteiger partial charge on any atom is -0.487 e. The lowest BCUT2D eigenvalue weighted by Crippen LogP contribution is -2.07. The highest BCUT2D eigenvalue weighted by molar-refractivity contribution is 5.94. The third kappa shape index (κ3) is 5.06. The van der Waals surface area contributed by atoms with Crippen LogP contribution >= 0.6 is 0 Å². The predicted molar refractivity (Wildman–Crippen MR) is 137 cm³/mol. The average Bonchev–Trinajstić information content (AvgIpc) is 3.38. The summed E-state index contributed by atoms with van der Waals surface area (Å²) in [6, 6.07) is 16.2. The Labute approximate surface area is 203 Å². The van der Waals surface area contributed by atoms with Crippen molar-refractivity contribution in [3.63, 3.8) is 0 Å². The molecule has 3 aromatic heterocycles. The SMILES string of the molecule is Cc1cc2c(N)nccc2c(C)c1CNc1cc(OCc2ccc(Cn3cccn3)cc2)cnn1. The number of fused-ring (bicyclic) bond motifs is 1. The Kier molecular flexibility index (Phi) is 6.26. The van der Waals surface area contributed by atoms with Crippen LogP contribution in [0.15, 0.2) is 73.3 Å². The Bertz CT molecular complexity index is 1450. The Morgan fingerprint density at radius 1 is 1.00 bits per heavy atom. The third-order valence-corrected chi connectivity index (χ3v) is 6.12. The molecule has 0 radical (unpaired) electrons. The van der Waals surface area contributed by atoms with Gasteiger partial charge in [-0.1, -0.05) is 24.3 Å². The maximum atomic E-state index is 6.07. The monoisotopic (exact) mass is 465 g/mol. The molecule has 0 saturated carbocycles. The topological polar surface area (TPSA) is 104 Å². The molecule has 5 aromatic rings. The number of nitrogens with zero attached hydrogens (tertiary/aromatic N) is 5. The number of hydrogen-bond acceptors (Lipinski definition) is 7. The van der Waals surface area contributed by atoms with E-state index in [1.54, 1.807) is 18.6 Å². The number of nitrogens with one attached hydrogen (secondary N) is 1. The minimum atomic E-state index is 0.450. The van der Waals surface area contributed by atoms with Gasteiger partial charge in [-0.3, -0.25) is 4.68 Å². The molecule has 0 aliphatic rings. The Morgan fingerprint density at radius 2 is 1.83 bits per heavy atom. The maximum absolute atomic E-state index is 6.07. The van der Waals surface area contributed by atoms with Crippen LogP contribution in [0.1, 0.15) is 27.8 Å². The summed E-state index contributed by atoms with van der Waals surface area (Å²) >= 11 is 0. The number of ether oxygens (including phenoxy) is 1. The highest BCUT2D eigenvalue weighted by Crippen LogP contribution is 2.28. The van der Waals surface area contributed by atoms with Crippen molar-refractivity contribution < 1.29 is 4.74 Å². The first kappa shape index (κ1) is 22.3. The van der Waals surface area contributed by atoms with Gasteiger partial charge in [-0.05, 0) is 65.3 Å². The summed E-state index contributed by atoms with van der Waals surface area (Å²) in [7, 11) is 0. The molecule has 0 saturated heterocycles. The Hall–Kier alpha value is -4.46. The lowest BCUT2D eigenvalue weighted by atomic mass is 9.96. The maximum Gasteiger partial charge on any atom is 0.152 e. The molecule has 0 bridgehead atoms. The van der Waals surface area contributed by atoms with Crippen LogP contribution in [0.2, 0.25) is 0 Å². The van der Waals surface area contributed by atoms with Gasteiger partial charge in [0, 0.05) is 36.6 Å². The molecular weight excluding hydrogens is 438 g/mol. The van der Waals surface area contributed by atoms with Gasteiger partial charge in [-0.2, -0.15) is 10.2 Å². The first-order valence-corrected chi connectivity index (χ1v) is 11.4. The average molecular weight is 466 g/mol. The van der Waals surface area contributed by atoms with Gasteiger partial charge in [0.25, 0.3) is 0 Å². The second-order valence-corrected chi connectivity index (χ2v) is 8.53. The van der Waals surface area contributed by atoms with E-state index in [1.165, 1.54) is 16.7 Å². The molecular formula is C27H27N7O. The fraction of sp³-hybridized carbons (Fsp3) is 0.185. The van der Waals surface area contributed by atoms with E-state index < -0.39 is 0 Å². The van der Waals surface area contributed by atoms with Gasteiger partial charge in [0.2, 0.25) is 0 Å². The van der Waals surface area contributed by atoms with Gasteiger partial charge in [0.1, 0.15) is 18.2 Å². The summed E-state index contributed by atoms with van der Waals surface area (Å²) < 4.78 is 7.87. The number of aromatic nitrogens is 5. The molecule has 3 heterocycles. The smallest absolute Gasteiger partial charge is 0.152 e. The number of aryl methyl sites for hydroxylation is 2. The van der Waals surface area contributed by atoms with Crippen LogP contribution in [0.3, 0.4) is 0 Å². The van der Waals surface area contributed by atoms with Crippen LogP contribution in [-0.4, -0.2) is 25.0 Å². The predicted octanol–water partition coefficient (Wildman–Crippen LogP) is 4.66. The van der Waals surface area contributed by atoms with Crippen molar-refractivity contribution in [2.45, 2.75) is 33.5 Å². The standard InChI is InChI=1S/C27H27N7O/c1-18-12-24-23(8-10-29-27(24)28)19(2)25(18)15-30-26-13-22(14-31-33-26)35-17-21-6-4-20(5-7-21)16-34-11-3-9-32-34/h3-14H,15-17H2,1-2H3,(H2,28,29)(H,30,33). The van der Waals surface area contributed by atoms with Crippen molar-refractivity contribution in [1.29, 1.82) is 0 Å². The zero-order valence-electron chi connectivity index (χ0n) is 19.8. The molecule has 0 aliphatic heterocycles.